The standard InChI is InChI=1S/C12H10FNOS2/c13-9-1-7-12(8-2-9)17(15)14-10-3-5-11(16)6-4-10/h1-8,14,16H. The predicted molar refractivity (Wildman–Crippen MR) is 70.1 cm³/mol. The van der Waals surface area contributed by atoms with Gasteiger partial charge in [0.15, 0.2) is 0 Å². The Morgan fingerprint density at radius 3 is 2.18 bits per heavy atom. The van der Waals surface area contributed by atoms with Crippen LogP contribution < -0.4 is 4.72 Å². The number of nitrogens with one attached hydrogen (secondary N) is 1. The minimum Gasteiger partial charge on any atom is -0.301 e. The van der Waals surface area contributed by atoms with E-state index in [1.165, 1.54) is 24.3 Å². The normalized spacial score (nSPS) is 12.1. The van der Waals surface area contributed by atoms with Crippen LogP contribution in [0.3, 0.4) is 0 Å². The monoisotopic (exact) mass is 267 g/mol. The average molecular weight is 267 g/mol. The second-order valence-corrected chi connectivity index (χ2v) is 5.10. The van der Waals surface area contributed by atoms with E-state index in [-0.39, 0.29) is 5.82 Å². The van der Waals surface area contributed by atoms with Crippen molar-refractivity contribution in [3.8, 4) is 0 Å². The van der Waals surface area contributed by atoms with Crippen molar-refractivity contribution >= 4 is 29.3 Å². The van der Waals surface area contributed by atoms with Crippen LogP contribution in [0.1, 0.15) is 0 Å². The molecule has 0 heterocycles. The van der Waals surface area contributed by atoms with Crippen LogP contribution in [0.25, 0.3) is 0 Å². The van der Waals surface area contributed by atoms with Gasteiger partial charge in [0.2, 0.25) is 0 Å². The van der Waals surface area contributed by atoms with Gasteiger partial charge in [0.1, 0.15) is 16.8 Å². The smallest absolute Gasteiger partial charge is 0.150 e. The Bertz CT molecular complexity index is 525. The van der Waals surface area contributed by atoms with Gasteiger partial charge in [0.25, 0.3) is 0 Å². The molecule has 0 aliphatic heterocycles. The van der Waals surface area contributed by atoms with Crippen molar-refractivity contribution in [3.05, 3.63) is 54.3 Å². The molecule has 0 saturated heterocycles. The Balaban J connectivity index is 2.11. The fourth-order valence-corrected chi connectivity index (χ4v) is 2.25. The molecule has 0 aromatic heterocycles. The third-order valence-electron chi connectivity index (χ3n) is 2.11. The van der Waals surface area contributed by atoms with Crippen LogP contribution >= 0.6 is 12.6 Å². The summed E-state index contributed by atoms with van der Waals surface area (Å²) in [6.07, 6.45) is 0. The number of halogens is 1. The van der Waals surface area contributed by atoms with Crippen LogP contribution in [0.5, 0.6) is 0 Å². The summed E-state index contributed by atoms with van der Waals surface area (Å²) in [5.74, 6) is -0.342. The van der Waals surface area contributed by atoms with Gasteiger partial charge in [-0.05, 0) is 48.5 Å². The maximum absolute atomic E-state index is 12.7. The van der Waals surface area contributed by atoms with Crippen molar-refractivity contribution in [2.45, 2.75) is 9.79 Å². The Kier molecular flexibility index (Phi) is 3.81. The first-order chi connectivity index (χ1) is 8.15. The minimum atomic E-state index is -1.39. The summed E-state index contributed by atoms with van der Waals surface area (Å²) >= 11 is 4.16. The molecule has 0 aliphatic rings. The molecule has 0 saturated carbocycles. The molecule has 0 aliphatic carbocycles. The number of benzene rings is 2. The van der Waals surface area contributed by atoms with Crippen molar-refractivity contribution < 1.29 is 8.60 Å². The maximum atomic E-state index is 12.7. The van der Waals surface area contributed by atoms with Gasteiger partial charge in [-0.15, -0.1) is 12.6 Å². The zero-order valence-electron chi connectivity index (χ0n) is 8.76. The summed E-state index contributed by atoms with van der Waals surface area (Å²) in [4.78, 5) is 1.37. The van der Waals surface area contributed by atoms with E-state index in [1.54, 1.807) is 24.3 Å². The molecule has 2 aromatic carbocycles. The summed E-state index contributed by atoms with van der Waals surface area (Å²) in [6.45, 7) is 0. The molecule has 2 rings (SSSR count). The van der Waals surface area contributed by atoms with E-state index in [9.17, 15) is 8.60 Å². The highest BCUT2D eigenvalue weighted by Gasteiger charge is 2.03. The van der Waals surface area contributed by atoms with Crippen LogP contribution in [-0.4, -0.2) is 4.21 Å². The lowest BCUT2D eigenvalue weighted by Gasteiger charge is -2.06. The molecule has 5 heteroatoms. The molecule has 0 bridgehead atoms. The molecule has 88 valence electrons. The van der Waals surface area contributed by atoms with E-state index >= 15 is 0 Å². The summed E-state index contributed by atoms with van der Waals surface area (Å²) in [5, 5.41) is 0. The highest BCUT2D eigenvalue weighted by molar-refractivity contribution is 7.86. The van der Waals surface area contributed by atoms with Crippen molar-refractivity contribution in [1.29, 1.82) is 0 Å². The highest BCUT2D eigenvalue weighted by Crippen LogP contribution is 2.15. The molecule has 1 atom stereocenters. The number of anilines is 1. The molecule has 17 heavy (non-hydrogen) atoms. The van der Waals surface area contributed by atoms with E-state index in [0.29, 0.717) is 4.90 Å². The predicted octanol–water partition coefficient (Wildman–Crippen LogP) is 3.25. The molecule has 1 N–H and O–H groups in total. The fourth-order valence-electron chi connectivity index (χ4n) is 1.25. The van der Waals surface area contributed by atoms with Gasteiger partial charge in [-0.25, -0.2) is 8.60 Å². The summed E-state index contributed by atoms with van der Waals surface area (Å²) < 4.78 is 27.4. The Morgan fingerprint density at radius 1 is 1.00 bits per heavy atom. The lowest BCUT2D eigenvalue weighted by atomic mass is 10.3. The van der Waals surface area contributed by atoms with Crippen molar-refractivity contribution in [2.24, 2.45) is 0 Å². The largest absolute Gasteiger partial charge is 0.301 e. The Labute approximate surface area is 107 Å². The summed E-state index contributed by atoms with van der Waals surface area (Å²) in [6, 6.07) is 12.7. The van der Waals surface area contributed by atoms with Crippen molar-refractivity contribution in [2.75, 3.05) is 4.72 Å². The van der Waals surface area contributed by atoms with Gasteiger partial charge in [0.05, 0.1) is 4.90 Å². The topological polar surface area (TPSA) is 29.1 Å². The first kappa shape index (κ1) is 12.1. The Morgan fingerprint density at radius 2 is 1.59 bits per heavy atom. The van der Waals surface area contributed by atoms with Gasteiger partial charge >= 0.3 is 0 Å². The number of hydrogen-bond donors (Lipinski definition) is 2. The van der Waals surface area contributed by atoms with E-state index in [1.807, 2.05) is 0 Å². The first-order valence-electron chi connectivity index (χ1n) is 4.88. The Hall–Kier alpha value is -1.33. The van der Waals surface area contributed by atoms with Crippen molar-refractivity contribution in [1.82, 2.24) is 0 Å². The quantitative estimate of drug-likeness (QED) is 0.821. The number of thiol groups is 1. The highest BCUT2D eigenvalue weighted by atomic mass is 32.2. The average Bonchev–Trinajstić information content (AvgIpc) is 2.33. The second kappa shape index (κ2) is 5.33. The van der Waals surface area contributed by atoms with Crippen LogP contribution in [0.2, 0.25) is 0 Å². The van der Waals surface area contributed by atoms with Crippen LogP contribution in [-0.2, 0) is 11.0 Å². The van der Waals surface area contributed by atoms with Gasteiger partial charge in [0, 0.05) is 10.6 Å². The van der Waals surface area contributed by atoms with E-state index < -0.39 is 11.0 Å². The zero-order chi connectivity index (χ0) is 12.3. The fraction of sp³-hybridized carbons (Fsp3) is 0. The number of hydrogen-bond acceptors (Lipinski definition) is 2. The zero-order valence-corrected chi connectivity index (χ0v) is 10.5. The summed E-state index contributed by atoms with van der Waals surface area (Å²) in [7, 11) is -1.39. The molecule has 2 nitrogen and oxygen atoms in total. The van der Waals surface area contributed by atoms with Gasteiger partial charge < -0.3 is 4.72 Å². The molecule has 0 radical (unpaired) electrons. The second-order valence-electron chi connectivity index (χ2n) is 3.37. The van der Waals surface area contributed by atoms with Crippen LogP contribution in [0, 0.1) is 5.82 Å². The van der Waals surface area contributed by atoms with E-state index in [2.05, 4.69) is 17.4 Å². The molecule has 0 amide bonds. The van der Waals surface area contributed by atoms with Crippen molar-refractivity contribution in [3.63, 3.8) is 0 Å². The third-order valence-corrected chi connectivity index (χ3v) is 3.53. The van der Waals surface area contributed by atoms with E-state index in [0.717, 1.165) is 10.6 Å². The number of rotatable bonds is 3. The van der Waals surface area contributed by atoms with E-state index in [4.69, 9.17) is 0 Å². The molecule has 1 unspecified atom stereocenters. The summed E-state index contributed by atoms with van der Waals surface area (Å²) in [5.41, 5.74) is 0.727. The SMILES string of the molecule is O=S(Nc1ccc(S)cc1)c1ccc(F)cc1. The molecule has 2 aromatic rings. The minimum absolute atomic E-state index is 0.342. The molecule has 0 spiro atoms. The van der Waals surface area contributed by atoms with Crippen LogP contribution in [0.4, 0.5) is 10.1 Å². The maximum Gasteiger partial charge on any atom is 0.150 e. The third kappa shape index (κ3) is 3.31. The molecule has 0 fully saturated rings. The lowest BCUT2D eigenvalue weighted by Crippen LogP contribution is -2.04. The lowest BCUT2D eigenvalue weighted by molar-refractivity contribution is 0.626. The molecular weight excluding hydrogens is 257 g/mol. The first-order valence-corrected chi connectivity index (χ1v) is 6.48. The van der Waals surface area contributed by atoms with Crippen LogP contribution in [0.15, 0.2) is 58.3 Å². The van der Waals surface area contributed by atoms with Gasteiger partial charge in [-0.1, -0.05) is 0 Å². The molecular formula is C12H10FNOS2. The van der Waals surface area contributed by atoms with Gasteiger partial charge in [-0.3, -0.25) is 0 Å². The van der Waals surface area contributed by atoms with Gasteiger partial charge in [-0.2, -0.15) is 0 Å².